The van der Waals surface area contributed by atoms with E-state index in [1.54, 1.807) is 25.1 Å². The van der Waals surface area contributed by atoms with Crippen LogP contribution in [0, 0.1) is 5.92 Å². The van der Waals surface area contributed by atoms with Gasteiger partial charge in [-0.3, -0.25) is 18.8 Å². The lowest BCUT2D eigenvalue weighted by Gasteiger charge is -2.08. The fraction of sp³-hybridized carbons (Fsp3) is 0.286. The van der Waals surface area contributed by atoms with E-state index >= 15 is 0 Å². The van der Waals surface area contributed by atoms with E-state index in [9.17, 15) is 14.4 Å². The molecule has 0 aliphatic rings. The van der Waals surface area contributed by atoms with Crippen LogP contribution in [0.1, 0.15) is 23.7 Å². The summed E-state index contributed by atoms with van der Waals surface area (Å²) in [5.41, 5.74) is -0.0652. The van der Waals surface area contributed by atoms with Gasteiger partial charge in [0.1, 0.15) is 11.2 Å². The maximum Gasteiger partial charge on any atom is 0.306 e. The molecule has 0 bridgehead atoms. The maximum atomic E-state index is 12.1. The van der Waals surface area contributed by atoms with E-state index in [0.29, 0.717) is 12.1 Å². The van der Waals surface area contributed by atoms with E-state index in [1.165, 1.54) is 16.8 Å². The van der Waals surface area contributed by atoms with Crippen LogP contribution in [0.2, 0.25) is 0 Å². The number of carboxylic acid groups (broad SMARTS) is 1. The summed E-state index contributed by atoms with van der Waals surface area (Å²) in [6, 6.07) is 5.08. The number of nitrogens with zero attached hydrogens (tertiary/aromatic N) is 2. The zero-order valence-corrected chi connectivity index (χ0v) is 11.4. The molecule has 0 aromatic carbocycles. The predicted octanol–water partition coefficient (Wildman–Crippen LogP) is 0.535. The molecule has 2 aromatic heterocycles. The van der Waals surface area contributed by atoms with Crippen LogP contribution in [0.5, 0.6) is 0 Å². The van der Waals surface area contributed by atoms with Gasteiger partial charge in [-0.1, -0.05) is 13.0 Å². The third-order valence-corrected chi connectivity index (χ3v) is 3.14. The Hall–Kier alpha value is -2.70. The average molecular weight is 289 g/mol. The van der Waals surface area contributed by atoms with E-state index in [-0.39, 0.29) is 12.1 Å². The number of hydrogen-bond donors (Lipinski definition) is 2. The van der Waals surface area contributed by atoms with Gasteiger partial charge in [-0.2, -0.15) is 0 Å². The minimum atomic E-state index is -0.920. The van der Waals surface area contributed by atoms with Gasteiger partial charge in [0.25, 0.3) is 11.5 Å². The molecular formula is C14H15N3O4. The molecule has 2 aromatic rings. The maximum absolute atomic E-state index is 12.1. The van der Waals surface area contributed by atoms with Crippen molar-refractivity contribution in [2.24, 2.45) is 5.92 Å². The molecule has 0 spiro atoms. The van der Waals surface area contributed by atoms with Gasteiger partial charge in [-0.05, 0) is 18.6 Å². The van der Waals surface area contributed by atoms with Crippen LogP contribution in [-0.2, 0) is 4.79 Å². The number of amides is 1. The number of rotatable bonds is 5. The first kappa shape index (κ1) is 14.7. The average Bonchev–Trinajstić information content (AvgIpc) is 2.47. The van der Waals surface area contributed by atoms with E-state index < -0.39 is 23.4 Å². The minimum absolute atomic E-state index is 0.0679. The molecule has 2 heterocycles. The molecule has 0 saturated heterocycles. The van der Waals surface area contributed by atoms with E-state index in [2.05, 4.69) is 10.3 Å². The van der Waals surface area contributed by atoms with Gasteiger partial charge >= 0.3 is 5.97 Å². The summed E-state index contributed by atoms with van der Waals surface area (Å²) < 4.78 is 1.29. The Balaban J connectivity index is 2.11. The number of carbonyl (C=O) groups is 2. The molecule has 1 amide bonds. The highest BCUT2D eigenvalue weighted by Gasteiger charge is 2.14. The van der Waals surface area contributed by atoms with Crippen LogP contribution in [0.4, 0.5) is 0 Å². The lowest BCUT2D eigenvalue weighted by atomic mass is 10.1. The van der Waals surface area contributed by atoms with Gasteiger partial charge in [0.2, 0.25) is 0 Å². The highest BCUT2D eigenvalue weighted by molar-refractivity contribution is 5.93. The summed E-state index contributed by atoms with van der Waals surface area (Å²) in [7, 11) is 0. The fourth-order valence-corrected chi connectivity index (χ4v) is 1.80. The van der Waals surface area contributed by atoms with Crippen molar-refractivity contribution in [3.8, 4) is 0 Å². The lowest BCUT2D eigenvalue weighted by Crippen LogP contribution is -2.33. The number of pyridine rings is 1. The SMILES string of the molecule is CC(CCNC(=O)c1cnc2ccccn2c1=O)C(=O)O. The molecule has 0 radical (unpaired) electrons. The molecule has 2 rings (SSSR count). The molecule has 21 heavy (non-hydrogen) atoms. The number of aromatic nitrogens is 2. The zero-order chi connectivity index (χ0) is 15.4. The second-order valence-corrected chi connectivity index (χ2v) is 4.69. The Morgan fingerprint density at radius 1 is 1.43 bits per heavy atom. The molecule has 7 heteroatoms. The first-order valence-corrected chi connectivity index (χ1v) is 6.48. The molecule has 110 valence electrons. The van der Waals surface area contributed by atoms with Crippen LogP contribution in [0.3, 0.4) is 0 Å². The van der Waals surface area contributed by atoms with E-state index in [1.807, 2.05) is 0 Å². The molecule has 2 N–H and O–H groups in total. The summed E-state index contributed by atoms with van der Waals surface area (Å²) >= 11 is 0. The summed E-state index contributed by atoms with van der Waals surface area (Å²) in [5, 5.41) is 11.3. The van der Waals surface area contributed by atoms with Crippen molar-refractivity contribution in [3.63, 3.8) is 0 Å². The Labute approximate surface area is 120 Å². The first-order chi connectivity index (χ1) is 10.0. The van der Waals surface area contributed by atoms with E-state index in [0.717, 1.165) is 0 Å². The molecule has 1 unspecified atom stereocenters. The standard InChI is InChI=1S/C14H15N3O4/c1-9(14(20)21)5-6-15-12(18)10-8-16-11-4-2-3-7-17(11)13(10)19/h2-4,7-9H,5-6H2,1H3,(H,15,18)(H,20,21). The molecule has 0 aliphatic heterocycles. The van der Waals surface area contributed by atoms with Crippen LogP contribution in [0.25, 0.3) is 5.65 Å². The summed E-state index contributed by atoms with van der Waals surface area (Å²) in [4.78, 5) is 38.8. The number of carboxylic acids is 1. The first-order valence-electron chi connectivity index (χ1n) is 6.48. The van der Waals surface area contributed by atoms with Gasteiger partial charge in [-0.25, -0.2) is 4.98 Å². The number of aliphatic carboxylic acids is 1. The van der Waals surface area contributed by atoms with Crippen LogP contribution in [-0.4, -0.2) is 32.9 Å². The van der Waals surface area contributed by atoms with Crippen molar-refractivity contribution >= 4 is 17.5 Å². The minimum Gasteiger partial charge on any atom is -0.481 e. The second-order valence-electron chi connectivity index (χ2n) is 4.69. The van der Waals surface area contributed by atoms with Gasteiger partial charge < -0.3 is 10.4 Å². The van der Waals surface area contributed by atoms with E-state index in [4.69, 9.17) is 5.11 Å². The Morgan fingerprint density at radius 3 is 2.90 bits per heavy atom. The van der Waals surface area contributed by atoms with Crippen molar-refractivity contribution in [1.29, 1.82) is 0 Å². The van der Waals surface area contributed by atoms with Crippen molar-refractivity contribution < 1.29 is 14.7 Å². The summed E-state index contributed by atoms with van der Waals surface area (Å²) in [6.45, 7) is 1.74. The molecule has 0 saturated carbocycles. The third-order valence-electron chi connectivity index (χ3n) is 3.14. The molecule has 1 atom stereocenters. The highest BCUT2D eigenvalue weighted by Crippen LogP contribution is 2.01. The van der Waals surface area contributed by atoms with Crippen LogP contribution in [0.15, 0.2) is 35.4 Å². The quantitative estimate of drug-likeness (QED) is 0.836. The number of carbonyl (C=O) groups excluding carboxylic acids is 1. The van der Waals surface area contributed by atoms with Crippen molar-refractivity contribution in [3.05, 3.63) is 46.5 Å². The second kappa shape index (κ2) is 6.17. The lowest BCUT2D eigenvalue weighted by molar-refractivity contribution is -0.141. The van der Waals surface area contributed by atoms with Gasteiger partial charge in [-0.15, -0.1) is 0 Å². The molecule has 0 fully saturated rings. The van der Waals surface area contributed by atoms with Crippen molar-refractivity contribution in [2.75, 3.05) is 6.54 Å². The fourth-order valence-electron chi connectivity index (χ4n) is 1.80. The number of nitrogens with one attached hydrogen (secondary N) is 1. The van der Waals surface area contributed by atoms with Gasteiger partial charge in [0, 0.05) is 18.9 Å². The highest BCUT2D eigenvalue weighted by atomic mass is 16.4. The van der Waals surface area contributed by atoms with Gasteiger partial charge in [0.05, 0.1) is 5.92 Å². The smallest absolute Gasteiger partial charge is 0.306 e. The van der Waals surface area contributed by atoms with Crippen LogP contribution >= 0.6 is 0 Å². The Bertz CT molecular complexity index is 738. The topological polar surface area (TPSA) is 101 Å². The normalized spacial score (nSPS) is 12.0. The number of fused-ring (bicyclic) bond motifs is 1. The summed E-state index contributed by atoms with van der Waals surface area (Å²) in [5.74, 6) is -2.03. The Morgan fingerprint density at radius 2 is 2.19 bits per heavy atom. The Kier molecular flexibility index (Phi) is 4.32. The molecule has 0 aliphatic carbocycles. The van der Waals surface area contributed by atoms with Crippen molar-refractivity contribution in [2.45, 2.75) is 13.3 Å². The monoisotopic (exact) mass is 289 g/mol. The van der Waals surface area contributed by atoms with Gasteiger partial charge in [0.15, 0.2) is 0 Å². The predicted molar refractivity (Wildman–Crippen MR) is 75.2 cm³/mol. The van der Waals surface area contributed by atoms with Crippen molar-refractivity contribution in [1.82, 2.24) is 14.7 Å². The largest absolute Gasteiger partial charge is 0.481 e. The molecule has 7 nitrogen and oxygen atoms in total. The summed E-state index contributed by atoms with van der Waals surface area (Å²) in [6.07, 6.45) is 3.06. The zero-order valence-electron chi connectivity index (χ0n) is 11.4. The third kappa shape index (κ3) is 3.25. The number of hydrogen-bond acceptors (Lipinski definition) is 4. The van der Waals surface area contributed by atoms with Crippen LogP contribution < -0.4 is 10.9 Å². The molecular weight excluding hydrogens is 274 g/mol.